The summed E-state index contributed by atoms with van der Waals surface area (Å²) in [6.07, 6.45) is 1.08. The van der Waals surface area contributed by atoms with Gasteiger partial charge in [-0.25, -0.2) is 0 Å². The van der Waals surface area contributed by atoms with Crippen molar-refractivity contribution >= 4 is 15.9 Å². The molecule has 0 aliphatic carbocycles. The van der Waals surface area contributed by atoms with Crippen LogP contribution in [-0.4, -0.2) is 42.5 Å². The maximum Gasteiger partial charge on any atom is 0.124 e. The molecule has 1 aromatic rings. The summed E-state index contributed by atoms with van der Waals surface area (Å²) >= 11 is 3.49. The van der Waals surface area contributed by atoms with E-state index in [4.69, 9.17) is 0 Å². The van der Waals surface area contributed by atoms with Gasteiger partial charge < -0.3 is 4.90 Å². The molecule has 0 N–H and O–H groups in total. The summed E-state index contributed by atoms with van der Waals surface area (Å²) in [5.74, 6) is 0. The van der Waals surface area contributed by atoms with E-state index in [1.165, 1.54) is 0 Å². The van der Waals surface area contributed by atoms with E-state index >= 15 is 0 Å². The standard InChI is InChI=1S/C15H20BrN3/c1-3-14-11-18(2)7-8-19(14)15(10-17)12-5-4-6-13(16)9-12/h4-6,9,14-15H,3,7-8,11H2,1-2H3. The van der Waals surface area contributed by atoms with Gasteiger partial charge in [0.05, 0.1) is 6.07 Å². The molecule has 2 rings (SSSR count). The van der Waals surface area contributed by atoms with Gasteiger partial charge in [-0.1, -0.05) is 35.0 Å². The van der Waals surface area contributed by atoms with Crippen molar-refractivity contribution in [3.05, 3.63) is 34.3 Å². The normalized spacial score (nSPS) is 22.9. The molecule has 1 fully saturated rings. The molecule has 19 heavy (non-hydrogen) atoms. The van der Waals surface area contributed by atoms with Crippen molar-refractivity contribution < 1.29 is 0 Å². The van der Waals surface area contributed by atoms with Crippen molar-refractivity contribution in [3.8, 4) is 6.07 Å². The topological polar surface area (TPSA) is 30.3 Å². The van der Waals surface area contributed by atoms with E-state index in [2.05, 4.69) is 51.8 Å². The summed E-state index contributed by atoms with van der Waals surface area (Å²) in [6.45, 7) is 5.23. The van der Waals surface area contributed by atoms with E-state index in [1.54, 1.807) is 0 Å². The van der Waals surface area contributed by atoms with Crippen molar-refractivity contribution in [2.75, 3.05) is 26.7 Å². The highest BCUT2D eigenvalue weighted by molar-refractivity contribution is 9.10. The summed E-state index contributed by atoms with van der Waals surface area (Å²) in [6, 6.07) is 10.9. The zero-order valence-electron chi connectivity index (χ0n) is 11.5. The quantitative estimate of drug-likeness (QED) is 0.857. The van der Waals surface area contributed by atoms with Gasteiger partial charge in [-0.15, -0.1) is 0 Å². The molecule has 1 heterocycles. The number of hydrogen-bond acceptors (Lipinski definition) is 3. The molecular weight excluding hydrogens is 302 g/mol. The molecule has 0 bridgehead atoms. The van der Waals surface area contributed by atoms with Crippen LogP contribution in [0.5, 0.6) is 0 Å². The van der Waals surface area contributed by atoms with Gasteiger partial charge in [0.1, 0.15) is 6.04 Å². The molecule has 102 valence electrons. The van der Waals surface area contributed by atoms with Crippen LogP contribution in [0, 0.1) is 11.3 Å². The minimum absolute atomic E-state index is 0.142. The molecule has 0 amide bonds. The number of halogens is 1. The van der Waals surface area contributed by atoms with Gasteiger partial charge in [0, 0.05) is 30.1 Å². The Kier molecular flexibility index (Phi) is 4.98. The number of benzene rings is 1. The Balaban J connectivity index is 2.24. The summed E-state index contributed by atoms with van der Waals surface area (Å²) in [5.41, 5.74) is 1.08. The van der Waals surface area contributed by atoms with Crippen molar-refractivity contribution in [3.63, 3.8) is 0 Å². The van der Waals surface area contributed by atoms with E-state index in [-0.39, 0.29) is 6.04 Å². The Morgan fingerprint density at radius 3 is 2.89 bits per heavy atom. The largest absolute Gasteiger partial charge is 0.304 e. The van der Waals surface area contributed by atoms with Crippen LogP contribution in [0.2, 0.25) is 0 Å². The predicted octanol–water partition coefficient (Wildman–Crippen LogP) is 3.04. The molecule has 1 saturated heterocycles. The zero-order chi connectivity index (χ0) is 13.8. The highest BCUT2D eigenvalue weighted by Gasteiger charge is 2.30. The monoisotopic (exact) mass is 321 g/mol. The van der Waals surface area contributed by atoms with Crippen LogP contribution in [-0.2, 0) is 0 Å². The first-order valence-corrected chi connectivity index (χ1v) is 7.54. The number of hydrogen-bond donors (Lipinski definition) is 0. The predicted molar refractivity (Wildman–Crippen MR) is 80.8 cm³/mol. The van der Waals surface area contributed by atoms with Gasteiger partial charge in [0.2, 0.25) is 0 Å². The number of nitrogens with zero attached hydrogens (tertiary/aromatic N) is 3. The van der Waals surface area contributed by atoms with Gasteiger partial charge in [0.25, 0.3) is 0 Å². The van der Waals surface area contributed by atoms with Crippen molar-refractivity contribution in [2.45, 2.75) is 25.4 Å². The molecule has 1 aliphatic heterocycles. The number of piperazine rings is 1. The second kappa shape index (κ2) is 6.51. The molecule has 0 aromatic heterocycles. The second-order valence-corrected chi connectivity index (χ2v) is 6.06. The zero-order valence-corrected chi connectivity index (χ0v) is 13.1. The van der Waals surface area contributed by atoms with Crippen LogP contribution in [0.1, 0.15) is 24.9 Å². The van der Waals surface area contributed by atoms with E-state index in [0.717, 1.165) is 36.1 Å². The molecule has 0 saturated carbocycles. The molecule has 1 aromatic carbocycles. The number of rotatable bonds is 3. The lowest BCUT2D eigenvalue weighted by Gasteiger charge is -2.42. The average Bonchev–Trinajstić information content (AvgIpc) is 2.41. The smallest absolute Gasteiger partial charge is 0.124 e. The highest BCUT2D eigenvalue weighted by atomic mass is 79.9. The minimum atomic E-state index is -0.142. The Morgan fingerprint density at radius 2 is 2.26 bits per heavy atom. The fraction of sp³-hybridized carbons (Fsp3) is 0.533. The SMILES string of the molecule is CCC1CN(C)CCN1C(C#N)c1cccc(Br)c1. The van der Waals surface area contributed by atoms with Gasteiger partial charge in [-0.3, -0.25) is 4.90 Å². The molecule has 4 heteroatoms. The van der Waals surface area contributed by atoms with E-state index < -0.39 is 0 Å². The Labute approximate surface area is 123 Å². The third kappa shape index (κ3) is 3.36. The molecule has 0 radical (unpaired) electrons. The van der Waals surface area contributed by atoms with Gasteiger partial charge in [0.15, 0.2) is 0 Å². The summed E-state index contributed by atoms with van der Waals surface area (Å²) in [4.78, 5) is 4.70. The van der Waals surface area contributed by atoms with Crippen LogP contribution in [0.4, 0.5) is 0 Å². The van der Waals surface area contributed by atoms with Crippen LogP contribution in [0.3, 0.4) is 0 Å². The molecular formula is C15H20BrN3. The van der Waals surface area contributed by atoms with E-state index in [9.17, 15) is 5.26 Å². The fourth-order valence-electron chi connectivity index (χ4n) is 2.75. The molecule has 2 atom stereocenters. The first-order valence-electron chi connectivity index (χ1n) is 6.75. The van der Waals surface area contributed by atoms with E-state index in [0.29, 0.717) is 6.04 Å². The van der Waals surface area contributed by atoms with Crippen LogP contribution in [0.15, 0.2) is 28.7 Å². The molecule has 3 nitrogen and oxygen atoms in total. The summed E-state index contributed by atoms with van der Waals surface area (Å²) in [5, 5.41) is 9.58. The number of likely N-dealkylation sites (N-methyl/N-ethyl adjacent to an activating group) is 1. The van der Waals surface area contributed by atoms with Crippen molar-refractivity contribution in [1.29, 1.82) is 5.26 Å². The lowest BCUT2D eigenvalue weighted by Crippen LogP contribution is -2.52. The van der Waals surface area contributed by atoms with E-state index in [1.807, 2.05) is 18.2 Å². The maximum atomic E-state index is 9.58. The lowest BCUT2D eigenvalue weighted by molar-refractivity contribution is 0.0675. The Morgan fingerprint density at radius 1 is 1.47 bits per heavy atom. The van der Waals surface area contributed by atoms with Gasteiger partial charge >= 0.3 is 0 Å². The summed E-state index contributed by atoms with van der Waals surface area (Å²) in [7, 11) is 2.15. The summed E-state index contributed by atoms with van der Waals surface area (Å²) < 4.78 is 1.03. The minimum Gasteiger partial charge on any atom is -0.304 e. The molecule has 0 spiro atoms. The average molecular weight is 322 g/mol. The highest BCUT2D eigenvalue weighted by Crippen LogP contribution is 2.27. The third-order valence-corrected chi connectivity index (χ3v) is 4.31. The van der Waals surface area contributed by atoms with Crippen LogP contribution < -0.4 is 0 Å². The Hall–Kier alpha value is -0.890. The van der Waals surface area contributed by atoms with Crippen molar-refractivity contribution in [1.82, 2.24) is 9.80 Å². The van der Waals surface area contributed by atoms with Gasteiger partial charge in [-0.05, 0) is 31.2 Å². The first-order chi connectivity index (χ1) is 9.15. The third-order valence-electron chi connectivity index (χ3n) is 3.82. The van der Waals surface area contributed by atoms with Crippen molar-refractivity contribution in [2.24, 2.45) is 0 Å². The van der Waals surface area contributed by atoms with Crippen LogP contribution >= 0.6 is 15.9 Å². The second-order valence-electron chi connectivity index (χ2n) is 5.15. The first kappa shape index (κ1) is 14.5. The fourth-order valence-corrected chi connectivity index (χ4v) is 3.16. The van der Waals surface area contributed by atoms with Crippen LogP contribution in [0.25, 0.3) is 0 Å². The van der Waals surface area contributed by atoms with Gasteiger partial charge in [-0.2, -0.15) is 5.26 Å². The maximum absolute atomic E-state index is 9.58. The number of nitriles is 1. The molecule has 2 unspecified atom stereocenters. The Bertz CT molecular complexity index is 469. The lowest BCUT2D eigenvalue weighted by atomic mass is 10.0. The molecule has 1 aliphatic rings.